The number of halogens is 2. The summed E-state index contributed by atoms with van der Waals surface area (Å²) in [5.41, 5.74) is 0.431. The Morgan fingerprint density at radius 3 is 2.28 bits per heavy atom. The number of benzene rings is 1. The van der Waals surface area contributed by atoms with Gasteiger partial charge in [0.15, 0.2) is 0 Å². The first kappa shape index (κ1) is 13.7. The molecule has 1 aromatic heterocycles. The van der Waals surface area contributed by atoms with Gasteiger partial charge in [-0.3, -0.25) is 4.31 Å². The minimum Gasteiger partial charge on any atom is -0.269 e. The van der Waals surface area contributed by atoms with Gasteiger partial charge in [-0.2, -0.15) is 0 Å². The van der Waals surface area contributed by atoms with E-state index in [4.69, 9.17) is 23.2 Å². The molecule has 96 valence electrons. The molecule has 0 amide bonds. The number of sulfonamides is 1. The van der Waals surface area contributed by atoms with Crippen LogP contribution in [-0.2, 0) is 10.0 Å². The topological polar surface area (TPSA) is 37.4 Å². The van der Waals surface area contributed by atoms with Crippen molar-refractivity contribution in [3.05, 3.63) is 45.8 Å². The van der Waals surface area contributed by atoms with Crippen molar-refractivity contribution in [2.24, 2.45) is 0 Å². The zero-order valence-electron chi connectivity index (χ0n) is 9.30. The van der Waals surface area contributed by atoms with Gasteiger partial charge < -0.3 is 0 Å². The fourth-order valence-corrected chi connectivity index (χ4v) is 4.26. The van der Waals surface area contributed by atoms with Gasteiger partial charge in [-0.05, 0) is 29.6 Å². The van der Waals surface area contributed by atoms with E-state index in [0.717, 1.165) is 4.31 Å². The molecular weight excluding hydrogens is 313 g/mol. The van der Waals surface area contributed by atoms with Gasteiger partial charge in [0.25, 0.3) is 10.0 Å². The standard InChI is InChI=1S/C11H9Cl2NO2S2/c1-14(10-6-8(12)5-9(13)7-10)18(15,16)11-3-2-4-17-11/h2-7H,1H3. The third kappa shape index (κ3) is 2.64. The molecule has 0 saturated carbocycles. The average molecular weight is 322 g/mol. The van der Waals surface area contributed by atoms with Crippen LogP contribution in [0, 0.1) is 0 Å². The molecule has 3 nitrogen and oxygen atoms in total. The molecular formula is C11H9Cl2NO2S2. The molecule has 1 aromatic carbocycles. The Hall–Kier alpha value is -0.750. The number of rotatable bonds is 3. The summed E-state index contributed by atoms with van der Waals surface area (Å²) in [6.07, 6.45) is 0. The lowest BCUT2D eigenvalue weighted by molar-refractivity contribution is 0.596. The molecule has 0 saturated heterocycles. The molecule has 0 atom stereocenters. The maximum absolute atomic E-state index is 12.3. The van der Waals surface area contributed by atoms with Crippen LogP contribution in [0.15, 0.2) is 39.9 Å². The van der Waals surface area contributed by atoms with Crippen LogP contribution in [0.1, 0.15) is 0 Å². The van der Waals surface area contributed by atoms with Crippen LogP contribution in [0.25, 0.3) is 0 Å². The molecule has 0 N–H and O–H groups in total. The summed E-state index contributed by atoms with van der Waals surface area (Å²) >= 11 is 12.9. The smallest absolute Gasteiger partial charge is 0.269 e. The van der Waals surface area contributed by atoms with Crippen LogP contribution in [0.2, 0.25) is 10.0 Å². The zero-order chi connectivity index (χ0) is 13.3. The lowest BCUT2D eigenvalue weighted by Gasteiger charge is -2.18. The first-order chi connectivity index (χ1) is 8.41. The first-order valence-corrected chi connectivity index (χ1v) is 7.97. The third-order valence-corrected chi connectivity index (χ3v) is 5.92. The summed E-state index contributed by atoms with van der Waals surface area (Å²) in [7, 11) is -2.08. The second-order valence-corrected chi connectivity index (χ2v) is 7.55. The van der Waals surface area contributed by atoms with Crippen molar-refractivity contribution >= 4 is 50.2 Å². The van der Waals surface area contributed by atoms with Crippen LogP contribution < -0.4 is 4.31 Å². The van der Waals surface area contributed by atoms with Gasteiger partial charge in [-0.15, -0.1) is 11.3 Å². The molecule has 7 heteroatoms. The fourth-order valence-electron chi connectivity index (χ4n) is 1.41. The van der Waals surface area contributed by atoms with E-state index in [1.54, 1.807) is 35.7 Å². The number of thiophene rings is 1. The monoisotopic (exact) mass is 321 g/mol. The van der Waals surface area contributed by atoms with Crippen molar-refractivity contribution in [1.29, 1.82) is 0 Å². The largest absolute Gasteiger partial charge is 0.273 e. The number of anilines is 1. The third-order valence-electron chi connectivity index (χ3n) is 2.32. The Morgan fingerprint density at radius 2 is 1.78 bits per heavy atom. The van der Waals surface area contributed by atoms with Gasteiger partial charge in [-0.25, -0.2) is 8.42 Å². The predicted octanol–water partition coefficient (Wildman–Crippen LogP) is 3.88. The zero-order valence-corrected chi connectivity index (χ0v) is 12.4. The average Bonchev–Trinajstić information content (AvgIpc) is 2.80. The minimum atomic E-state index is -3.55. The summed E-state index contributed by atoms with van der Waals surface area (Å²) < 4.78 is 26.0. The van der Waals surface area contributed by atoms with E-state index in [9.17, 15) is 8.42 Å². The highest BCUT2D eigenvalue weighted by Gasteiger charge is 2.22. The van der Waals surface area contributed by atoms with Gasteiger partial charge in [-0.1, -0.05) is 29.3 Å². The minimum absolute atomic E-state index is 0.279. The van der Waals surface area contributed by atoms with Gasteiger partial charge in [0.1, 0.15) is 4.21 Å². The molecule has 0 aliphatic heterocycles. The molecule has 0 fully saturated rings. The van der Waals surface area contributed by atoms with Crippen molar-refractivity contribution in [2.75, 3.05) is 11.4 Å². The summed E-state index contributed by atoms with van der Waals surface area (Å²) in [5.74, 6) is 0. The van der Waals surface area contributed by atoms with Gasteiger partial charge in [0, 0.05) is 17.1 Å². The maximum Gasteiger partial charge on any atom is 0.273 e. The Labute approximate surface area is 120 Å². The molecule has 2 rings (SSSR count). The van der Waals surface area contributed by atoms with Crippen LogP contribution in [0.4, 0.5) is 5.69 Å². The maximum atomic E-state index is 12.3. The molecule has 0 aliphatic carbocycles. The number of nitrogens with zero attached hydrogens (tertiary/aromatic N) is 1. The quantitative estimate of drug-likeness (QED) is 0.860. The van der Waals surface area contributed by atoms with Crippen molar-refractivity contribution in [1.82, 2.24) is 0 Å². The van der Waals surface area contributed by atoms with Crippen molar-refractivity contribution < 1.29 is 8.42 Å². The summed E-state index contributed by atoms with van der Waals surface area (Å²) in [6.45, 7) is 0. The van der Waals surface area contributed by atoms with E-state index in [-0.39, 0.29) is 4.21 Å². The summed E-state index contributed by atoms with van der Waals surface area (Å²) in [6, 6.07) is 7.91. The highest BCUT2D eigenvalue weighted by molar-refractivity contribution is 7.94. The Balaban J connectivity index is 2.46. The Bertz CT molecular complexity index is 633. The Kier molecular flexibility index (Phi) is 3.87. The van der Waals surface area contributed by atoms with Crippen LogP contribution in [-0.4, -0.2) is 15.5 Å². The summed E-state index contributed by atoms with van der Waals surface area (Å²) in [4.78, 5) is 0. The lowest BCUT2D eigenvalue weighted by Crippen LogP contribution is -2.25. The van der Waals surface area contributed by atoms with Gasteiger partial charge in [0.2, 0.25) is 0 Å². The lowest BCUT2D eigenvalue weighted by atomic mass is 10.3. The molecule has 1 heterocycles. The van der Waals surface area contributed by atoms with Crippen molar-refractivity contribution in [3.63, 3.8) is 0 Å². The Morgan fingerprint density at radius 1 is 1.17 bits per heavy atom. The SMILES string of the molecule is CN(c1cc(Cl)cc(Cl)c1)S(=O)(=O)c1cccs1. The second-order valence-electron chi connectivity index (χ2n) is 3.53. The first-order valence-electron chi connectivity index (χ1n) is 4.90. The normalized spacial score (nSPS) is 11.5. The number of hydrogen-bond donors (Lipinski definition) is 0. The van der Waals surface area contributed by atoms with Crippen molar-refractivity contribution in [3.8, 4) is 0 Å². The van der Waals surface area contributed by atoms with Crippen LogP contribution in [0.3, 0.4) is 0 Å². The van der Waals surface area contributed by atoms with E-state index in [1.807, 2.05) is 0 Å². The molecule has 0 aliphatic rings. The number of hydrogen-bond acceptors (Lipinski definition) is 3. The van der Waals surface area contributed by atoms with E-state index in [0.29, 0.717) is 15.7 Å². The predicted molar refractivity (Wildman–Crippen MR) is 76.4 cm³/mol. The molecule has 18 heavy (non-hydrogen) atoms. The van der Waals surface area contributed by atoms with E-state index >= 15 is 0 Å². The fraction of sp³-hybridized carbons (Fsp3) is 0.0909. The molecule has 0 unspecified atom stereocenters. The molecule has 2 aromatic rings. The van der Waals surface area contributed by atoms with Crippen LogP contribution >= 0.6 is 34.5 Å². The van der Waals surface area contributed by atoms with Gasteiger partial charge >= 0.3 is 0 Å². The molecule has 0 radical (unpaired) electrons. The molecule has 0 bridgehead atoms. The van der Waals surface area contributed by atoms with E-state index < -0.39 is 10.0 Å². The highest BCUT2D eigenvalue weighted by atomic mass is 35.5. The van der Waals surface area contributed by atoms with E-state index in [2.05, 4.69) is 0 Å². The van der Waals surface area contributed by atoms with E-state index in [1.165, 1.54) is 18.4 Å². The van der Waals surface area contributed by atoms with Gasteiger partial charge in [0.05, 0.1) is 5.69 Å². The molecule has 0 spiro atoms. The second kappa shape index (κ2) is 5.09. The highest BCUT2D eigenvalue weighted by Crippen LogP contribution is 2.29. The van der Waals surface area contributed by atoms with Crippen molar-refractivity contribution in [2.45, 2.75) is 4.21 Å². The summed E-state index contributed by atoms with van der Waals surface area (Å²) in [5, 5.41) is 2.50. The van der Waals surface area contributed by atoms with Crippen LogP contribution in [0.5, 0.6) is 0 Å².